The molecule has 1 N–H and O–H groups in total. The molecule has 2 aliphatic heterocycles. The largest absolute Gasteiger partial charge is 0.377 e. The molecule has 0 saturated carbocycles. The molecule has 2 atom stereocenters. The van der Waals surface area contributed by atoms with Gasteiger partial charge in [0.1, 0.15) is 6.04 Å². The van der Waals surface area contributed by atoms with E-state index in [0.717, 1.165) is 44.6 Å². The molecule has 0 aliphatic carbocycles. The zero-order valence-electron chi connectivity index (χ0n) is 18.0. The summed E-state index contributed by atoms with van der Waals surface area (Å²) in [6.07, 6.45) is 3.28. The van der Waals surface area contributed by atoms with Crippen LogP contribution in [0, 0.1) is 12.8 Å². The summed E-state index contributed by atoms with van der Waals surface area (Å²) in [7, 11) is 0. The van der Waals surface area contributed by atoms with Crippen LogP contribution in [0.15, 0.2) is 24.3 Å². The maximum Gasteiger partial charge on any atom is 0.252 e. The van der Waals surface area contributed by atoms with Crippen LogP contribution in [0.3, 0.4) is 0 Å². The predicted molar refractivity (Wildman–Crippen MR) is 114 cm³/mol. The summed E-state index contributed by atoms with van der Waals surface area (Å²) in [5.41, 5.74) is 1.55. The van der Waals surface area contributed by atoms with Crippen molar-refractivity contribution in [3.63, 3.8) is 0 Å². The second-order valence-corrected chi connectivity index (χ2v) is 8.73. The predicted octanol–water partition coefficient (Wildman–Crippen LogP) is 2.46. The number of nitrogens with zero attached hydrogens (tertiary/aromatic N) is 2. The van der Waals surface area contributed by atoms with Crippen LogP contribution in [0.4, 0.5) is 0 Å². The number of piperazine rings is 1. The monoisotopic (exact) mass is 401 g/mol. The van der Waals surface area contributed by atoms with E-state index in [1.807, 2.05) is 36.1 Å². The average Bonchev–Trinajstić information content (AvgIpc) is 3.20. The normalized spacial score (nSPS) is 21.4. The van der Waals surface area contributed by atoms with Crippen molar-refractivity contribution in [2.45, 2.75) is 52.2 Å². The number of hydrogen-bond donors (Lipinski definition) is 1. The highest BCUT2D eigenvalue weighted by molar-refractivity contribution is 5.98. The number of aryl methyl sites for hydroxylation is 1. The highest BCUT2D eigenvalue weighted by atomic mass is 16.5. The maximum atomic E-state index is 13.2. The van der Waals surface area contributed by atoms with Gasteiger partial charge in [-0.1, -0.05) is 32.0 Å². The van der Waals surface area contributed by atoms with E-state index in [2.05, 4.69) is 24.1 Å². The summed E-state index contributed by atoms with van der Waals surface area (Å²) in [5, 5.41) is 3.01. The fourth-order valence-electron chi connectivity index (χ4n) is 4.20. The first-order chi connectivity index (χ1) is 13.9. The Kier molecular flexibility index (Phi) is 7.67. The standard InChI is InChI=1S/C23H35N3O3/c1-17(2)15-21(24-22(27)20-9-5-4-7-18(20)3)23(28)26-12-10-25(11-13-26)16-19-8-6-14-29-19/h4-5,7,9,17,19,21H,6,8,10-16H2,1-3H3,(H,24,27). The van der Waals surface area contributed by atoms with Gasteiger partial charge in [-0.25, -0.2) is 0 Å². The van der Waals surface area contributed by atoms with Crippen LogP contribution in [0.1, 0.15) is 49.0 Å². The summed E-state index contributed by atoms with van der Waals surface area (Å²) >= 11 is 0. The summed E-state index contributed by atoms with van der Waals surface area (Å²) in [4.78, 5) is 30.3. The van der Waals surface area contributed by atoms with Crippen LogP contribution in [0.2, 0.25) is 0 Å². The van der Waals surface area contributed by atoms with Gasteiger partial charge in [-0.2, -0.15) is 0 Å². The number of hydrogen-bond acceptors (Lipinski definition) is 4. The first kappa shape index (κ1) is 21.8. The van der Waals surface area contributed by atoms with Gasteiger partial charge >= 0.3 is 0 Å². The Bertz CT molecular complexity index is 692. The van der Waals surface area contributed by atoms with Gasteiger partial charge < -0.3 is 15.0 Å². The molecule has 0 radical (unpaired) electrons. The molecule has 0 spiro atoms. The highest BCUT2D eigenvalue weighted by Crippen LogP contribution is 2.16. The Morgan fingerprint density at radius 1 is 1.17 bits per heavy atom. The molecule has 3 rings (SSSR count). The highest BCUT2D eigenvalue weighted by Gasteiger charge is 2.30. The van der Waals surface area contributed by atoms with Crippen molar-refractivity contribution < 1.29 is 14.3 Å². The number of rotatable bonds is 7. The van der Waals surface area contributed by atoms with Crippen LogP contribution < -0.4 is 5.32 Å². The minimum Gasteiger partial charge on any atom is -0.377 e. The molecule has 1 aromatic carbocycles. The summed E-state index contributed by atoms with van der Waals surface area (Å²) in [6, 6.07) is 7.02. The smallest absolute Gasteiger partial charge is 0.252 e. The van der Waals surface area contributed by atoms with Gasteiger partial charge in [0.2, 0.25) is 5.91 Å². The Morgan fingerprint density at radius 3 is 2.52 bits per heavy atom. The van der Waals surface area contributed by atoms with E-state index in [1.54, 1.807) is 0 Å². The molecular weight excluding hydrogens is 366 g/mol. The lowest BCUT2D eigenvalue weighted by atomic mass is 10.0. The van der Waals surface area contributed by atoms with E-state index in [4.69, 9.17) is 4.74 Å². The zero-order valence-corrected chi connectivity index (χ0v) is 18.0. The lowest BCUT2D eigenvalue weighted by Gasteiger charge is -2.37. The molecular formula is C23H35N3O3. The lowest BCUT2D eigenvalue weighted by Crippen LogP contribution is -2.56. The van der Waals surface area contributed by atoms with Gasteiger partial charge in [-0.15, -0.1) is 0 Å². The van der Waals surface area contributed by atoms with Gasteiger partial charge in [0.25, 0.3) is 5.91 Å². The number of carbonyl (C=O) groups is 2. The SMILES string of the molecule is Cc1ccccc1C(=O)NC(CC(C)C)C(=O)N1CCN(CC2CCCO2)CC1. The second-order valence-electron chi connectivity index (χ2n) is 8.73. The molecule has 2 amide bonds. The van der Waals surface area contributed by atoms with Crippen molar-refractivity contribution in [1.82, 2.24) is 15.1 Å². The number of carbonyl (C=O) groups excluding carboxylic acids is 2. The Balaban J connectivity index is 1.57. The summed E-state index contributed by atoms with van der Waals surface area (Å²) in [6.45, 7) is 11.1. The van der Waals surface area contributed by atoms with Crippen molar-refractivity contribution in [1.29, 1.82) is 0 Å². The molecule has 160 valence electrons. The minimum absolute atomic E-state index is 0.0393. The fourth-order valence-corrected chi connectivity index (χ4v) is 4.20. The van der Waals surface area contributed by atoms with Gasteiger partial charge in [0.15, 0.2) is 0 Å². The average molecular weight is 402 g/mol. The van der Waals surface area contributed by atoms with Gasteiger partial charge in [0, 0.05) is 44.9 Å². The summed E-state index contributed by atoms with van der Waals surface area (Å²) < 4.78 is 5.74. The minimum atomic E-state index is -0.480. The second kappa shape index (κ2) is 10.2. The molecule has 0 aromatic heterocycles. The molecule has 1 aromatic rings. The Hall–Kier alpha value is -1.92. The number of benzene rings is 1. The molecule has 2 heterocycles. The van der Waals surface area contributed by atoms with E-state index >= 15 is 0 Å². The van der Waals surface area contributed by atoms with E-state index < -0.39 is 6.04 Å². The first-order valence-corrected chi connectivity index (χ1v) is 10.9. The van der Waals surface area contributed by atoms with E-state index in [0.29, 0.717) is 37.1 Å². The molecule has 6 heteroatoms. The summed E-state index contributed by atoms with van der Waals surface area (Å²) in [5.74, 6) is 0.193. The first-order valence-electron chi connectivity index (χ1n) is 10.9. The molecule has 29 heavy (non-hydrogen) atoms. The van der Waals surface area contributed by atoms with Gasteiger partial charge in [0.05, 0.1) is 6.10 Å². The Labute approximate surface area is 174 Å². The van der Waals surface area contributed by atoms with Crippen LogP contribution in [-0.4, -0.2) is 73.1 Å². The molecule has 2 unspecified atom stereocenters. The quantitative estimate of drug-likeness (QED) is 0.762. The van der Waals surface area contributed by atoms with Crippen molar-refractivity contribution >= 4 is 11.8 Å². The number of nitrogens with one attached hydrogen (secondary N) is 1. The van der Waals surface area contributed by atoms with E-state index in [9.17, 15) is 9.59 Å². The third kappa shape index (κ3) is 6.03. The van der Waals surface area contributed by atoms with E-state index in [1.165, 1.54) is 0 Å². The van der Waals surface area contributed by atoms with Crippen LogP contribution in [-0.2, 0) is 9.53 Å². The number of ether oxygens (including phenoxy) is 1. The Morgan fingerprint density at radius 2 is 1.90 bits per heavy atom. The van der Waals surface area contributed by atoms with Crippen molar-refractivity contribution in [3.05, 3.63) is 35.4 Å². The maximum absolute atomic E-state index is 13.2. The van der Waals surface area contributed by atoms with Crippen molar-refractivity contribution in [3.8, 4) is 0 Å². The molecule has 2 aliphatic rings. The molecule has 2 fully saturated rings. The van der Waals surface area contributed by atoms with Crippen LogP contribution in [0.5, 0.6) is 0 Å². The van der Waals surface area contributed by atoms with Crippen LogP contribution >= 0.6 is 0 Å². The molecule has 2 saturated heterocycles. The lowest BCUT2D eigenvalue weighted by molar-refractivity contribution is -0.135. The zero-order chi connectivity index (χ0) is 20.8. The number of amides is 2. The third-order valence-corrected chi connectivity index (χ3v) is 5.87. The van der Waals surface area contributed by atoms with Crippen LogP contribution in [0.25, 0.3) is 0 Å². The van der Waals surface area contributed by atoms with Crippen molar-refractivity contribution in [2.24, 2.45) is 5.92 Å². The third-order valence-electron chi connectivity index (χ3n) is 5.87. The topological polar surface area (TPSA) is 61.9 Å². The van der Waals surface area contributed by atoms with Gasteiger partial charge in [-0.3, -0.25) is 14.5 Å². The fraction of sp³-hybridized carbons (Fsp3) is 0.652. The van der Waals surface area contributed by atoms with Gasteiger partial charge in [-0.05, 0) is 43.7 Å². The van der Waals surface area contributed by atoms with Crippen molar-refractivity contribution in [2.75, 3.05) is 39.3 Å². The van der Waals surface area contributed by atoms with E-state index in [-0.39, 0.29) is 11.8 Å². The molecule has 6 nitrogen and oxygen atoms in total. The molecule has 0 bridgehead atoms.